The monoisotopic (exact) mass is 340 g/mol. The highest BCUT2D eigenvalue weighted by molar-refractivity contribution is 5.95. The van der Waals surface area contributed by atoms with Crippen molar-refractivity contribution in [2.45, 2.75) is 31.8 Å². The van der Waals surface area contributed by atoms with Crippen molar-refractivity contribution in [3.05, 3.63) is 52.8 Å². The number of nitrogens with zero attached hydrogens (tertiary/aromatic N) is 1. The fourth-order valence-electron chi connectivity index (χ4n) is 4.12. The number of benzene rings is 1. The number of H-pyrrole nitrogens is 1. The molecule has 1 aromatic carbocycles. The van der Waals surface area contributed by atoms with Gasteiger partial charge in [-0.25, -0.2) is 0 Å². The second-order valence-electron chi connectivity index (χ2n) is 6.92. The van der Waals surface area contributed by atoms with Gasteiger partial charge in [-0.3, -0.25) is 4.79 Å². The summed E-state index contributed by atoms with van der Waals surface area (Å²) < 4.78 is 11.6. The quantitative estimate of drug-likeness (QED) is 0.914. The number of aromatic nitrogens is 1. The highest BCUT2D eigenvalue weighted by Crippen LogP contribution is 2.42. The molecule has 132 valence electrons. The number of aromatic amines is 1. The SMILES string of the molecule is COc1ccc2c(c1)CCOC21CCN(C(=O)c2cc[nH]c2C)CC1. The van der Waals surface area contributed by atoms with E-state index in [4.69, 9.17) is 9.47 Å². The van der Waals surface area contributed by atoms with Crippen molar-refractivity contribution in [3.8, 4) is 5.75 Å². The molecule has 5 heteroatoms. The minimum absolute atomic E-state index is 0.111. The molecular formula is C20H24N2O3. The smallest absolute Gasteiger partial charge is 0.255 e. The summed E-state index contributed by atoms with van der Waals surface area (Å²) in [5, 5.41) is 0. The van der Waals surface area contributed by atoms with E-state index in [1.165, 1.54) is 11.1 Å². The molecule has 0 saturated carbocycles. The highest BCUT2D eigenvalue weighted by Gasteiger charge is 2.42. The number of nitrogens with one attached hydrogen (secondary N) is 1. The van der Waals surface area contributed by atoms with Crippen molar-refractivity contribution in [3.63, 3.8) is 0 Å². The molecule has 1 spiro atoms. The van der Waals surface area contributed by atoms with Crippen LogP contribution in [0.25, 0.3) is 0 Å². The van der Waals surface area contributed by atoms with E-state index in [2.05, 4.69) is 17.1 Å². The molecule has 25 heavy (non-hydrogen) atoms. The Morgan fingerprint density at radius 1 is 1.28 bits per heavy atom. The van der Waals surface area contributed by atoms with Crippen LogP contribution in [0, 0.1) is 6.92 Å². The largest absolute Gasteiger partial charge is 0.497 e. The molecule has 0 unspecified atom stereocenters. The Morgan fingerprint density at radius 3 is 2.76 bits per heavy atom. The molecule has 2 aliphatic rings. The number of methoxy groups -OCH3 is 1. The third-order valence-electron chi connectivity index (χ3n) is 5.60. The molecule has 1 saturated heterocycles. The molecule has 1 N–H and O–H groups in total. The first-order chi connectivity index (χ1) is 12.1. The van der Waals surface area contributed by atoms with Crippen molar-refractivity contribution in [2.75, 3.05) is 26.8 Å². The summed E-state index contributed by atoms with van der Waals surface area (Å²) in [5.41, 5.74) is 4.02. The average molecular weight is 340 g/mol. The van der Waals surface area contributed by atoms with E-state index >= 15 is 0 Å². The number of rotatable bonds is 2. The summed E-state index contributed by atoms with van der Waals surface area (Å²) in [4.78, 5) is 17.8. The summed E-state index contributed by atoms with van der Waals surface area (Å²) >= 11 is 0. The number of hydrogen-bond donors (Lipinski definition) is 1. The minimum Gasteiger partial charge on any atom is -0.497 e. The van der Waals surface area contributed by atoms with Crippen molar-refractivity contribution < 1.29 is 14.3 Å². The number of fused-ring (bicyclic) bond motifs is 2. The van der Waals surface area contributed by atoms with E-state index in [1.54, 1.807) is 7.11 Å². The van der Waals surface area contributed by atoms with Crippen LogP contribution in [0.3, 0.4) is 0 Å². The Morgan fingerprint density at radius 2 is 2.08 bits per heavy atom. The molecule has 1 amide bonds. The summed E-state index contributed by atoms with van der Waals surface area (Å²) in [5.74, 6) is 1.01. The molecule has 1 aromatic heterocycles. The predicted octanol–water partition coefficient (Wildman–Crippen LogP) is 3.04. The Hall–Kier alpha value is -2.27. The van der Waals surface area contributed by atoms with Crippen LogP contribution >= 0.6 is 0 Å². The number of ether oxygens (including phenoxy) is 2. The molecule has 1 fully saturated rings. The van der Waals surface area contributed by atoms with Crippen molar-refractivity contribution >= 4 is 5.91 Å². The molecule has 0 atom stereocenters. The second kappa shape index (κ2) is 6.23. The Labute approximate surface area is 147 Å². The Balaban J connectivity index is 1.54. The second-order valence-corrected chi connectivity index (χ2v) is 6.92. The topological polar surface area (TPSA) is 54.6 Å². The molecule has 2 aromatic rings. The van der Waals surface area contributed by atoms with Crippen molar-refractivity contribution in [2.24, 2.45) is 0 Å². The Bertz CT molecular complexity index is 788. The van der Waals surface area contributed by atoms with Gasteiger partial charge in [-0.2, -0.15) is 0 Å². The molecule has 4 rings (SSSR count). The normalized spacial score (nSPS) is 18.9. The van der Waals surface area contributed by atoms with Crippen LogP contribution in [0.15, 0.2) is 30.5 Å². The third kappa shape index (κ3) is 2.72. The maximum absolute atomic E-state index is 12.7. The summed E-state index contributed by atoms with van der Waals surface area (Å²) in [6.45, 7) is 4.10. The summed E-state index contributed by atoms with van der Waals surface area (Å²) in [7, 11) is 1.70. The van der Waals surface area contributed by atoms with E-state index in [-0.39, 0.29) is 11.5 Å². The van der Waals surface area contributed by atoms with Crippen molar-refractivity contribution in [1.82, 2.24) is 9.88 Å². The summed E-state index contributed by atoms with van der Waals surface area (Å²) in [6, 6.07) is 8.14. The first-order valence-corrected chi connectivity index (χ1v) is 8.87. The van der Waals surface area contributed by atoms with Gasteiger partial charge in [0.25, 0.3) is 5.91 Å². The number of likely N-dealkylation sites (tertiary alicyclic amines) is 1. The Kier molecular flexibility index (Phi) is 4.04. The third-order valence-corrected chi connectivity index (χ3v) is 5.60. The van der Waals surface area contributed by atoms with E-state index in [0.29, 0.717) is 0 Å². The van der Waals surface area contributed by atoms with Gasteiger partial charge >= 0.3 is 0 Å². The number of carbonyl (C=O) groups excluding carboxylic acids is 1. The van der Waals surface area contributed by atoms with Crippen molar-refractivity contribution in [1.29, 1.82) is 0 Å². The van der Waals surface area contributed by atoms with Crippen LogP contribution in [-0.4, -0.2) is 42.6 Å². The van der Waals surface area contributed by atoms with Crippen LogP contribution in [-0.2, 0) is 16.8 Å². The molecular weight excluding hydrogens is 316 g/mol. The zero-order valence-electron chi connectivity index (χ0n) is 14.8. The van der Waals surface area contributed by atoms with Gasteiger partial charge in [0.2, 0.25) is 0 Å². The van der Waals surface area contributed by atoms with Gasteiger partial charge in [-0.1, -0.05) is 6.07 Å². The van der Waals surface area contributed by atoms with Crippen LogP contribution in [0.5, 0.6) is 5.75 Å². The van der Waals surface area contributed by atoms with Gasteiger partial charge < -0.3 is 19.4 Å². The van der Waals surface area contributed by atoms with Crippen LogP contribution in [0.4, 0.5) is 0 Å². The molecule has 3 heterocycles. The lowest BCUT2D eigenvalue weighted by molar-refractivity contribution is -0.0935. The molecule has 0 radical (unpaired) electrons. The predicted molar refractivity (Wildman–Crippen MR) is 95.0 cm³/mol. The number of piperidine rings is 1. The number of amides is 1. The van der Waals surface area contributed by atoms with E-state index in [1.807, 2.05) is 30.2 Å². The molecule has 0 bridgehead atoms. The van der Waals surface area contributed by atoms with E-state index in [9.17, 15) is 4.79 Å². The van der Waals surface area contributed by atoms with Gasteiger partial charge in [-0.15, -0.1) is 0 Å². The first kappa shape index (κ1) is 16.2. The standard InChI is InChI=1S/C20H24N2O3/c1-14-17(5-9-21-14)19(23)22-10-7-20(8-11-22)18-4-3-16(24-2)13-15(18)6-12-25-20/h3-5,9,13,21H,6-8,10-12H2,1-2H3. The van der Waals surface area contributed by atoms with Gasteiger partial charge in [0.05, 0.1) is 24.9 Å². The molecule has 0 aliphatic carbocycles. The zero-order valence-corrected chi connectivity index (χ0v) is 14.8. The van der Waals surface area contributed by atoms with Gasteiger partial charge in [0.15, 0.2) is 0 Å². The fraction of sp³-hybridized carbons (Fsp3) is 0.450. The lowest BCUT2D eigenvalue weighted by Crippen LogP contribution is -2.48. The number of hydrogen-bond acceptors (Lipinski definition) is 3. The zero-order chi connectivity index (χ0) is 17.4. The lowest BCUT2D eigenvalue weighted by Gasteiger charge is -2.45. The molecule has 5 nitrogen and oxygen atoms in total. The van der Waals surface area contributed by atoms with E-state index < -0.39 is 0 Å². The number of aryl methyl sites for hydroxylation is 1. The summed E-state index contributed by atoms with van der Waals surface area (Å²) in [6.07, 6.45) is 4.41. The number of carbonyl (C=O) groups is 1. The maximum atomic E-state index is 12.7. The van der Waals surface area contributed by atoms with Gasteiger partial charge in [-0.05, 0) is 55.5 Å². The van der Waals surface area contributed by atoms with Crippen LogP contribution in [0.2, 0.25) is 0 Å². The van der Waals surface area contributed by atoms with E-state index in [0.717, 1.165) is 56.0 Å². The van der Waals surface area contributed by atoms with Crippen LogP contribution < -0.4 is 4.74 Å². The highest BCUT2D eigenvalue weighted by atomic mass is 16.5. The first-order valence-electron chi connectivity index (χ1n) is 8.87. The minimum atomic E-state index is -0.260. The maximum Gasteiger partial charge on any atom is 0.255 e. The average Bonchev–Trinajstić information content (AvgIpc) is 3.07. The lowest BCUT2D eigenvalue weighted by atomic mass is 9.79. The van der Waals surface area contributed by atoms with Crippen LogP contribution in [0.1, 0.15) is 40.0 Å². The fourth-order valence-corrected chi connectivity index (χ4v) is 4.12. The van der Waals surface area contributed by atoms with Gasteiger partial charge in [0.1, 0.15) is 5.75 Å². The van der Waals surface area contributed by atoms with Gasteiger partial charge in [0, 0.05) is 25.0 Å². The molecule has 2 aliphatic heterocycles.